The third-order valence-corrected chi connectivity index (χ3v) is 3.56. The lowest BCUT2D eigenvalue weighted by Gasteiger charge is -2.33. The Hall–Kier alpha value is -0.830. The Morgan fingerprint density at radius 3 is 2.67 bits per heavy atom. The van der Waals surface area contributed by atoms with Crippen LogP contribution in [-0.2, 0) is 4.79 Å². The first-order valence-corrected chi connectivity index (χ1v) is 7.27. The highest BCUT2D eigenvalue weighted by Crippen LogP contribution is 2.13. The zero-order valence-electron chi connectivity index (χ0n) is 12.3. The largest absolute Gasteiger partial charge is 0.335 e. The van der Waals surface area contributed by atoms with Crippen LogP contribution in [0, 0.1) is 0 Å². The van der Waals surface area contributed by atoms with Crippen molar-refractivity contribution in [3.05, 3.63) is 11.6 Å². The van der Waals surface area contributed by atoms with Crippen LogP contribution in [0.4, 0.5) is 0 Å². The van der Waals surface area contributed by atoms with Crippen LogP contribution in [0.15, 0.2) is 11.6 Å². The zero-order chi connectivity index (χ0) is 13.5. The van der Waals surface area contributed by atoms with Gasteiger partial charge >= 0.3 is 0 Å². The van der Waals surface area contributed by atoms with Gasteiger partial charge in [-0.2, -0.15) is 0 Å². The summed E-state index contributed by atoms with van der Waals surface area (Å²) < 4.78 is 0. The van der Waals surface area contributed by atoms with E-state index in [4.69, 9.17) is 0 Å². The van der Waals surface area contributed by atoms with E-state index in [0.29, 0.717) is 6.04 Å². The van der Waals surface area contributed by atoms with Crippen LogP contribution in [0.2, 0.25) is 0 Å². The fraction of sp³-hybridized carbons (Fsp3) is 0.800. The topological polar surface area (TPSA) is 32.3 Å². The standard InChI is InChI=1S/C15H28N2O/c1-5-8-13(4)15(18)17(12(2)3)11-14-9-6-7-10-16-14/h8,12,14,16H,5-7,9-11H2,1-4H3/b13-8-. The van der Waals surface area contributed by atoms with Crippen molar-refractivity contribution in [3.8, 4) is 0 Å². The van der Waals surface area contributed by atoms with Gasteiger partial charge in [-0.15, -0.1) is 0 Å². The molecule has 1 unspecified atom stereocenters. The quantitative estimate of drug-likeness (QED) is 0.763. The molecule has 1 aliphatic heterocycles. The number of nitrogens with zero attached hydrogens (tertiary/aromatic N) is 1. The summed E-state index contributed by atoms with van der Waals surface area (Å²) in [7, 11) is 0. The van der Waals surface area contributed by atoms with E-state index in [1.807, 2.05) is 17.9 Å². The minimum absolute atomic E-state index is 0.194. The van der Waals surface area contributed by atoms with Crippen molar-refractivity contribution < 1.29 is 4.79 Å². The molecule has 1 saturated heterocycles. The summed E-state index contributed by atoms with van der Waals surface area (Å²) in [5, 5.41) is 3.52. The Morgan fingerprint density at radius 2 is 2.17 bits per heavy atom. The van der Waals surface area contributed by atoms with Gasteiger partial charge in [-0.05, 0) is 46.6 Å². The average molecular weight is 252 g/mol. The number of hydrogen-bond acceptors (Lipinski definition) is 2. The maximum absolute atomic E-state index is 12.4. The minimum atomic E-state index is 0.194. The molecule has 3 nitrogen and oxygen atoms in total. The van der Waals surface area contributed by atoms with Crippen LogP contribution in [0.5, 0.6) is 0 Å². The van der Waals surface area contributed by atoms with Crippen LogP contribution in [0.1, 0.15) is 53.4 Å². The summed E-state index contributed by atoms with van der Waals surface area (Å²) in [4.78, 5) is 14.4. The Kier molecular flexibility index (Phi) is 6.41. The van der Waals surface area contributed by atoms with Crippen molar-refractivity contribution in [2.24, 2.45) is 0 Å². The lowest BCUT2D eigenvalue weighted by atomic mass is 10.0. The monoisotopic (exact) mass is 252 g/mol. The molecule has 0 aliphatic carbocycles. The van der Waals surface area contributed by atoms with Gasteiger partial charge in [0, 0.05) is 24.2 Å². The van der Waals surface area contributed by atoms with Crippen molar-refractivity contribution in [3.63, 3.8) is 0 Å². The lowest BCUT2D eigenvalue weighted by Crippen LogP contribution is -2.48. The van der Waals surface area contributed by atoms with Gasteiger partial charge in [0.05, 0.1) is 0 Å². The molecule has 0 aromatic rings. The minimum Gasteiger partial charge on any atom is -0.335 e. The van der Waals surface area contributed by atoms with Crippen LogP contribution in [0.25, 0.3) is 0 Å². The average Bonchev–Trinajstić information content (AvgIpc) is 2.36. The van der Waals surface area contributed by atoms with Crippen molar-refractivity contribution in [1.82, 2.24) is 10.2 Å². The number of piperidine rings is 1. The van der Waals surface area contributed by atoms with E-state index in [2.05, 4.69) is 26.1 Å². The smallest absolute Gasteiger partial charge is 0.249 e. The molecule has 0 saturated carbocycles. The Bertz CT molecular complexity index is 291. The SMILES string of the molecule is CC/C=C(/C)C(=O)N(CC1CCCCN1)C(C)C. The van der Waals surface area contributed by atoms with Gasteiger partial charge in [-0.25, -0.2) is 0 Å². The number of carbonyl (C=O) groups is 1. The van der Waals surface area contributed by atoms with Gasteiger partial charge in [0.15, 0.2) is 0 Å². The number of hydrogen-bond donors (Lipinski definition) is 1. The van der Waals surface area contributed by atoms with Crippen LogP contribution in [0.3, 0.4) is 0 Å². The summed E-state index contributed by atoms with van der Waals surface area (Å²) in [5.41, 5.74) is 0.877. The predicted molar refractivity (Wildman–Crippen MR) is 76.5 cm³/mol. The number of carbonyl (C=O) groups excluding carboxylic acids is 1. The first-order valence-electron chi connectivity index (χ1n) is 7.27. The highest BCUT2D eigenvalue weighted by atomic mass is 16.2. The van der Waals surface area contributed by atoms with Gasteiger partial charge in [-0.1, -0.05) is 19.4 Å². The molecule has 1 N–H and O–H groups in total. The third-order valence-electron chi connectivity index (χ3n) is 3.56. The van der Waals surface area contributed by atoms with E-state index in [0.717, 1.165) is 25.1 Å². The second-order valence-electron chi connectivity index (χ2n) is 5.49. The van der Waals surface area contributed by atoms with E-state index in [1.54, 1.807) is 0 Å². The molecule has 0 bridgehead atoms. The summed E-state index contributed by atoms with van der Waals surface area (Å²) in [6.07, 6.45) is 6.67. The normalized spacial score (nSPS) is 21.2. The molecule has 0 aromatic carbocycles. The molecule has 0 aromatic heterocycles. The molecule has 0 spiro atoms. The lowest BCUT2D eigenvalue weighted by molar-refractivity contribution is -0.129. The summed E-state index contributed by atoms with van der Waals surface area (Å²) in [6, 6.07) is 0.737. The summed E-state index contributed by atoms with van der Waals surface area (Å²) in [5.74, 6) is 0.194. The maximum Gasteiger partial charge on any atom is 0.249 e. The summed E-state index contributed by atoms with van der Waals surface area (Å²) in [6.45, 7) is 10.1. The zero-order valence-corrected chi connectivity index (χ0v) is 12.3. The molecule has 0 radical (unpaired) electrons. The second-order valence-corrected chi connectivity index (χ2v) is 5.49. The molecule has 1 atom stereocenters. The first kappa shape index (κ1) is 15.2. The number of allylic oxidation sites excluding steroid dienone is 1. The molecular formula is C15H28N2O. The van der Waals surface area contributed by atoms with Crippen LogP contribution >= 0.6 is 0 Å². The molecule has 3 heteroatoms. The Morgan fingerprint density at radius 1 is 1.44 bits per heavy atom. The Labute approximate surface area is 112 Å². The summed E-state index contributed by atoms with van der Waals surface area (Å²) >= 11 is 0. The molecular weight excluding hydrogens is 224 g/mol. The van der Waals surface area contributed by atoms with Gasteiger partial charge < -0.3 is 10.2 Å². The van der Waals surface area contributed by atoms with Crippen molar-refractivity contribution in [1.29, 1.82) is 0 Å². The highest BCUT2D eigenvalue weighted by molar-refractivity contribution is 5.93. The van der Waals surface area contributed by atoms with Crippen molar-refractivity contribution >= 4 is 5.91 Å². The van der Waals surface area contributed by atoms with E-state index in [1.165, 1.54) is 19.3 Å². The Balaban J connectivity index is 2.64. The van der Waals surface area contributed by atoms with Crippen LogP contribution < -0.4 is 5.32 Å². The van der Waals surface area contributed by atoms with E-state index < -0.39 is 0 Å². The van der Waals surface area contributed by atoms with Crippen LogP contribution in [-0.4, -0.2) is 36.0 Å². The number of nitrogens with one attached hydrogen (secondary N) is 1. The second kappa shape index (κ2) is 7.57. The molecule has 1 fully saturated rings. The molecule has 1 amide bonds. The predicted octanol–water partition coefficient (Wildman–Crippen LogP) is 2.72. The fourth-order valence-corrected chi connectivity index (χ4v) is 2.47. The molecule has 1 rings (SSSR count). The van der Waals surface area contributed by atoms with Gasteiger partial charge in [-0.3, -0.25) is 4.79 Å². The first-order chi connectivity index (χ1) is 8.56. The maximum atomic E-state index is 12.4. The molecule has 1 aliphatic rings. The van der Waals surface area contributed by atoms with Crippen molar-refractivity contribution in [2.75, 3.05) is 13.1 Å². The third kappa shape index (κ3) is 4.45. The van der Waals surface area contributed by atoms with Gasteiger partial charge in [0.1, 0.15) is 0 Å². The fourth-order valence-electron chi connectivity index (χ4n) is 2.47. The van der Waals surface area contributed by atoms with E-state index in [9.17, 15) is 4.79 Å². The number of amides is 1. The van der Waals surface area contributed by atoms with E-state index in [-0.39, 0.29) is 11.9 Å². The van der Waals surface area contributed by atoms with E-state index >= 15 is 0 Å². The molecule has 18 heavy (non-hydrogen) atoms. The highest BCUT2D eigenvalue weighted by Gasteiger charge is 2.23. The van der Waals surface area contributed by atoms with Crippen molar-refractivity contribution in [2.45, 2.75) is 65.5 Å². The molecule has 104 valence electrons. The number of rotatable bonds is 5. The van der Waals surface area contributed by atoms with Gasteiger partial charge in [0.25, 0.3) is 0 Å². The molecule has 1 heterocycles. The van der Waals surface area contributed by atoms with Gasteiger partial charge in [0.2, 0.25) is 5.91 Å².